The molecule has 0 aliphatic heterocycles. The van der Waals surface area contributed by atoms with Crippen LogP contribution in [0.15, 0.2) is 35.3 Å². The molecule has 0 saturated carbocycles. The van der Waals surface area contributed by atoms with Gasteiger partial charge in [0.1, 0.15) is 12.4 Å². The number of nitrogens with one attached hydrogen (secondary N) is 2. The van der Waals surface area contributed by atoms with Crippen LogP contribution in [0.1, 0.15) is 27.7 Å². The molecule has 0 saturated heterocycles. The molecule has 0 spiro atoms. The zero-order chi connectivity index (χ0) is 14.1. The molecule has 4 nitrogen and oxygen atoms in total. The van der Waals surface area contributed by atoms with E-state index in [0.717, 1.165) is 18.3 Å². The van der Waals surface area contributed by atoms with Crippen LogP contribution in [0.5, 0.6) is 5.75 Å². The summed E-state index contributed by atoms with van der Waals surface area (Å²) in [6.45, 7) is 10.4. The number of hydrogen-bond donors (Lipinski definition) is 2. The number of nitrogens with zero attached hydrogens (tertiary/aromatic N) is 1. The number of para-hydroxylation sites is 1. The first-order valence-electron chi connectivity index (χ1n) is 6.75. The number of halogens is 1. The van der Waals surface area contributed by atoms with Crippen molar-refractivity contribution in [2.45, 2.75) is 33.2 Å². The molecule has 0 amide bonds. The molecule has 1 aromatic carbocycles. The van der Waals surface area contributed by atoms with Gasteiger partial charge in [0.05, 0.1) is 6.54 Å². The molecular weight excluding hydrogens is 365 g/mol. The maximum Gasteiger partial charge on any atom is 0.191 e. The average Bonchev–Trinajstić information content (AvgIpc) is 2.34. The molecule has 1 aromatic rings. The van der Waals surface area contributed by atoms with Crippen molar-refractivity contribution in [3.8, 4) is 5.75 Å². The average molecular weight is 391 g/mol. The SMILES string of the molecule is CCNC(=NCCOc1ccccc1)NC(C)(C)C.I. The van der Waals surface area contributed by atoms with Crippen molar-refractivity contribution >= 4 is 29.9 Å². The Morgan fingerprint density at radius 3 is 2.40 bits per heavy atom. The first kappa shape index (κ1) is 19.0. The van der Waals surface area contributed by atoms with E-state index in [4.69, 9.17) is 4.74 Å². The molecule has 0 atom stereocenters. The Balaban J connectivity index is 0.00000361. The van der Waals surface area contributed by atoms with Gasteiger partial charge in [-0.15, -0.1) is 24.0 Å². The molecule has 0 bridgehead atoms. The third-order valence-electron chi connectivity index (χ3n) is 2.21. The summed E-state index contributed by atoms with van der Waals surface area (Å²) in [5.74, 6) is 1.71. The fourth-order valence-corrected chi connectivity index (χ4v) is 1.50. The van der Waals surface area contributed by atoms with Crippen LogP contribution in [0.4, 0.5) is 0 Å². The highest BCUT2D eigenvalue weighted by molar-refractivity contribution is 14.0. The molecule has 1 rings (SSSR count). The van der Waals surface area contributed by atoms with E-state index < -0.39 is 0 Å². The summed E-state index contributed by atoms with van der Waals surface area (Å²) >= 11 is 0. The number of aliphatic imine (C=N–C) groups is 1. The summed E-state index contributed by atoms with van der Waals surface area (Å²) < 4.78 is 5.60. The predicted octanol–water partition coefficient (Wildman–Crippen LogP) is 3.04. The maximum absolute atomic E-state index is 5.60. The van der Waals surface area contributed by atoms with Crippen molar-refractivity contribution in [1.82, 2.24) is 10.6 Å². The summed E-state index contributed by atoms with van der Waals surface area (Å²) in [5.41, 5.74) is 0.00128. The van der Waals surface area contributed by atoms with E-state index in [1.807, 2.05) is 30.3 Å². The van der Waals surface area contributed by atoms with Gasteiger partial charge >= 0.3 is 0 Å². The van der Waals surface area contributed by atoms with Crippen molar-refractivity contribution in [3.05, 3.63) is 30.3 Å². The van der Waals surface area contributed by atoms with Crippen molar-refractivity contribution in [3.63, 3.8) is 0 Å². The molecule has 2 N–H and O–H groups in total. The predicted molar refractivity (Wildman–Crippen MR) is 96.2 cm³/mol. The summed E-state index contributed by atoms with van der Waals surface area (Å²) in [7, 11) is 0. The Morgan fingerprint density at radius 1 is 1.20 bits per heavy atom. The zero-order valence-corrected chi connectivity index (χ0v) is 15.1. The number of ether oxygens (including phenoxy) is 1. The molecular formula is C15H26IN3O. The third-order valence-corrected chi connectivity index (χ3v) is 2.21. The van der Waals surface area contributed by atoms with Gasteiger partial charge < -0.3 is 15.4 Å². The molecule has 0 aromatic heterocycles. The van der Waals surface area contributed by atoms with Crippen molar-refractivity contribution in [1.29, 1.82) is 0 Å². The molecule has 0 heterocycles. The lowest BCUT2D eigenvalue weighted by Gasteiger charge is -2.23. The Kier molecular flexibility index (Phi) is 9.37. The molecule has 0 fully saturated rings. The summed E-state index contributed by atoms with van der Waals surface area (Å²) in [4.78, 5) is 4.48. The van der Waals surface area contributed by atoms with Crippen LogP contribution >= 0.6 is 24.0 Å². The summed E-state index contributed by atoms with van der Waals surface area (Å²) in [6.07, 6.45) is 0. The Morgan fingerprint density at radius 2 is 1.85 bits per heavy atom. The van der Waals surface area contributed by atoms with E-state index in [1.54, 1.807) is 0 Å². The topological polar surface area (TPSA) is 45.7 Å². The lowest BCUT2D eigenvalue weighted by Crippen LogP contribution is -2.47. The molecule has 0 unspecified atom stereocenters. The third kappa shape index (κ3) is 9.01. The molecule has 114 valence electrons. The minimum atomic E-state index is 0. The minimum Gasteiger partial charge on any atom is -0.492 e. The number of benzene rings is 1. The first-order valence-corrected chi connectivity index (χ1v) is 6.75. The minimum absolute atomic E-state index is 0. The van der Waals surface area contributed by atoms with Gasteiger partial charge in [0, 0.05) is 12.1 Å². The monoisotopic (exact) mass is 391 g/mol. The Labute approximate surface area is 139 Å². The van der Waals surface area contributed by atoms with E-state index in [1.165, 1.54) is 0 Å². The van der Waals surface area contributed by atoms with Crippen LogP contribution in [0, 0.1) is 0 Å². The van der Waals surface area contributed by atoms with Crippen LogP contribution in [-0.4, -0.2) is 31.2 Å². The van der Waals surface area contributed by atoms with Gasteiger partial charge in [-0.05, 0) is 39.8 Å². The van der Waals surface area contributed by atoms with Crippen LogP contribution in [-0.2, 0) is 0 Å². The molecule has 20 heavy (non-hydrogen) atoms. The van der Waals surface area contributed by atoms with Crippen molar-refractivity contribution in [2.24, 2.45) is 4.99 Å². The standard InChI is InChI=1S/C15H25N3O.HI/c1-5-16-14(18-15(2,3)4)17-11-12-19-13-9-7-6-8-10-13;/h6-10H,5,11-12H2,1-4H3,(H2,16,17,18);1H. The Hall–Kier alpha value is -0.980. The highest BCUT2D eigenvalue weighted by Crippen LogP contribution is 2.07. The largest absolute Gasteiger partial charge is 0.492 e. The van der Waals surface area contributed by atoms with Gasteiger partial charge in [-0.1, -0.05) is 18.2 Å². The van der Waals surface area contributed by atoms with Gasteiger partial charge in [0.25, 0.3) is 0 Å². The first-order chi connectivity index (χ1) is 9.01. The number of hydrogen-bond acceptors (Lipinski definition) is 2. The van der Waals surface area contributed by atoms with E-state index >= 15 is 0 Å². The number of guanidine groups is 1. The highest BCUT2D eigenvalue weighted by Gasteiger charge is 2.11. The van der Waals surface area contributed by atoms with Gasteiger partial charge in [0.2, 0.25) is 0 Å². The summed E-state index contributed by atoms with van der Waals surface area (Å²) in [6, 6.07) is 9.79. The lowest BCUT2D eigenvalue weighted by atomic mass is 10.1. The Bertz CT molecular complexity index is 388. The normalized spacial score (nSPS) is 11.5. The smallest absolute Gasteiger partial charge is 0.191 e. The second-order valence-electron chi connectivity index (χ2n) is 5.30. The van der Waals surface area contributed by atoms with Crippen molar-refractivity contribution in [2.75, 3.05) is 19.7 Å². The molecule has 0 aliphatic carbocycles. The second kappa shape index (κ2) is 9.85. The maximum atomic E-state index is 5.60. The van der Waals surface area contributed by atoms with Gasteiger partial charge in [0.15, 0.2) is 5.96 Å². The molecule has 5 heteroatoms. The van der Waals surface area contributed by atoms with E-state index in [-0.39, 0.29) is 29.5 Å². The van der Waals surface area contributed by atoms with Gasteiger partial charge in [-0.3, -0.25) is 0 Å². The van der Waals surface area contributed by atoms with Gasteiger partial charge in [-0.2, -0.15) is 0 Å². The van der Waals surface area contributed by atoms with Gasteiger partial charge in [-0.25, -0.2) is 4.99 Å². The summed E-state index contributed by atoms with van der Waals surface area (Å²) in [5, 5.41) is 6.56. The lowest BCUT2D eigenvalue weighted by molar-refractivity contribution is 0.328. The second-order valence-corrected chi connectivity index (χ2v) is 5.30. The molecule has 0 aliphatic rings. The van der Waals surface area contributed by atoms with Crippen molar-refractivity contribution < 1.29 is 4.74 Å². The quantitative estimate of drug-likeness (QED) is 0.351. The van der Waals surface area contributed by atoms with E-state index in [2.05, 4.69) is 43.3 Å². The van der Waals surface area contributed by atoms with E-state index in [9.17, 15) is 0 Å². The van der Waals surface area contributed by atoms with E-state index in [0.29, 0.717) is 13.2 Å². The fourth-order valence-electron chi connectivity index (χ4n) is 1.50. The van der Waals surface area contributed by atoms with Crippen LogP contribution < -0.4 is 15.4 Å². The van der Waals surface area contributed by atoms with Crippen LogP contribution in [0.2, 0.25) is 0 Å². The fraction of sp³-hybridized carbons (Fsp3) is 0.533. The van der Waals surface area contributed by atoms with Crippen LogP contribution in [0.25, 0.3) is 0 Å². The number of rotatable bonds is 5. The zero-order valence-electron chi connectivity index (χ0n) is 12.8. The van der Waals surface area contributed by atoms with Crippen LogP contribution in [0.3, 0.4) is 0 Å². The molecule has 0 radical (unpaired) electrons. The highest BCUT2D eigenvalue weighted by atomic mass is 127.